The summed E-state index contributed by atoms with van der Waals surface area (Å²) in [6.45, 7) is 4.24. The van der Waals surface area contributed by atoms with Crippen LogP contribution in [0.25, 0.3) is 10.9 Å². The van der Waals surface area contributed by atoms with Gasteiger partial charge in [-0.05, 0) is 48.9 Å². The van der Waals surface area contributed by atoms with Crippen molar-refractivity contribution in [3.63, 3.8) is 0 Å². The maximum atomic E-state index is 14.4. The molecule has 2 fully saturated rings. The Hall–Kier alpha value is -1.46. The first-order valence-corrected chi connectivity index (χ1v) is 7.61. The van der Waals surface area contributed by atoms with Crippen LogP contribution >= 0.6 is 0 Å². The Kier molecular flexibility index (Phi) is 3.01. The second kappa shape index (κ2) is 4.78. The van der Waals surface area contributed by atoms with Crippen LogP contribution in [0, 0.1) is 6.92 Å². The lowest BCUT2D eigenvalue weighted by molar-refractivity contribution is -0.218. The van der Waals surface area contributed by atoms with E-state index >= 15 is 0 Å². The average Bonchev–Trinajstić information content (AvgIpc) is 2.91. The van der Waals surface area contributed by atoms with Crippen molar-refractivity contribution >= 4 is 10.9 Å². The summed E-state index contributed by atoms with van der Waals surface area (Å²) >= 11 is 0. The van der Waals surface area contributed by atoms with Crippen molar-refractivity contribution in [1.82, 2.24) is 15.1 Å². The second-order valence-electron chi connectivity index (χ2n) is 6.34. The van der Waals surface area contributed by atoms with Crippen LogP contribution in [-0.4, -0.2) is 47.2 Å². The van der Waals surface area contributed by atoms with Gasteiger partial charge in [0.2, 0.25) is 5.79 Å². The topological polar surface area (TPSA) is 41.2 Å². The third-order valence-electron chi connectivity index (χ3n) is 4.97. The fraction of sp³-hybridized carbons (Fsp3) is 0.562. The van der Waals surface area contributed by atoms with E-state index < -0.39 is 5.79 Å². The Balaban J connectivity index is 1.53. The number of halogens is 1. The summed E-state index contributed by atoms with van der Waals surface area (Å²) in [7, 11) is 0. The number of likely N-dealkylation sites (tertiary alicyclic amines) is 1. The number of H-pyrrole nitrogens is 1. The minimum absolute atomic E-state index is 0.233. The van der Waals surface area contributed by atoms with Gasteiger partial charge >= 0.3 is 0 Å². The van der Waals surface area contributed by atoms with E-state index in [-0.39, 0.29) is 13.2 Å². The number of nitrogens with one attached hydrogen (secondary N) is 1. The number of aromatic amines is 1. The molecule has 1 N–H and O–H groups in total. The summed E-state index contributed by atoms with van der Waals surface area (Å²) in [5.41, 5.74) is 3.78. The lowest BCUT2D eigenvalue weighted by Gasteiger charge is -2.46. The molecule has 0 aliphatic carbocycles. The van der Waals surface area contributed by atoms with E-state index in [4.69, 9.17) is 4.74 Å². The Bertz CT molecular complexity index is 657. The van der Waals surface area contributed by atoms with Crippen LogP contribution < -0.4 is 0 Å². The summed E-state index contributed by atoms with van der Waals surface area (Å²) in [5.74, 6) is -0.689. The summed E-state index contributed by atoms with van der Waals surface area (Å²) in [6, 6.07) is 4.41. The maximum absolute atomic E-state index is 14.4. The molecule has 2 aliphatic heterocycles. The lowest BCUT2D eigenvalue weighted by Crippen LogP contribution is -2.60. The molecule has 3 heterocycles. The number of ether oxygens (including phenoxy) is 1. The molecule has 2 aromatic rings. The van der Waals surface area contributed by atoms with Crippen molar-refractivity contribution in [2.45, 2.75) is 31.5 Å². The highest BCUT2D eigenvalue weighted by Crippen LogP contribution is 2.36. The quantitative estimate of drug-likeness (QED) is 0.864. The van der Waals surface area contributed by atoms with Crippen molar-refractivity contribution in [2.24, 2.45) is 0 Å². The number of aryl methyl sites for hydroxylation is 1. The Morgan fingerprint density at radius 3 is 2.76 bits per heavy atom. The van der Waals surface area contributed by atoms with Gasteiger partial charge in [0.25, 0.3) is 0 Å². The third-order valence-corrected chi connectivity index (χ3v) is 4.97. The van der Waals surface area contributed by atoms with E-state index in [1.807, 2.05) is 11.1 Å². The first-order chi connectivity index (χ1) is 10.2. The Morgan fingerprint density at radius 2 is 2.10 bits per heavy atom. The smallest absolute Gasteiger partial charge is 0.210 e. The van der Waals surface area contributed by atoms with Crippen molar-refractivity contribution < 1.29 is 9.13 Å². The Labute approximate surface area is 123 Å². The summed E-state index contributed by atoms with van der Waals surface area (Å²) in [5, 5.41) is 8.29. The molecule has 0 atom stereocenters. The molecule has 0 spiro atoms. The number of hydrogen-bond donors (Lipinski definition) is 1. The van der Waals surface area contributed by atoms with Gasteiger partial charge in [-0.3, -0.25) is 10.00 Å². The highest BCUT2D eigenvalue weighted by atomic mass is 19.1. The zero-order valence-corrected chi connectivity index (χ0v) is 12.2. The van der Waals surface area contributed by atoms with E-state index in [0.717, 1.165) is 36.8 Å². The molecular weight excluding hydrogens is 269 g/mol. The van der Waals surface area contributed by atoms with Gasteiger partial charge < -0.3 is 4.74 Å². The number of rotatable bonds is 2. The highest BCUT2D eigenvalue weighted by molar-refractivity contribution is 5.79. The number of fused-ring (bicyclic) bond motifs is 1. The van der Waals surface area contributed by atoms with Crippen LogP contribution in [0.1, 0.15) is 29.9 Å². The number of benzene rings is 1. The van der Waals surface area contributed by atoms with Gasteiger partial charge in [0.05, 0.1) is 24.9 Å². The minimum Gasteiger partial charge on any atom is -0.372 e. The summed E-state index contributed by atoms with van der Waals surface area (Å²) in [6.07, 6.45) is 3.87. The van der Waals surface area contributed by atoms with E-state index in [9.17, 15) is 4.39 Å². The van der Waals surface area contributed by atoms with E-state index in [1.165, 1.54) is 11.1 Å². The molecule has 2 aliphatic rings. The molecule has 2 saturated heterocycles. The summed E-state index contributed by atoms with van der Waals surface area (Å²) in [4.78, 5) is 1.96. The van der Waals surface area contributed by atoms with Gasteiger partial charge in [-0.1, -0.05) is 0 Å². The van der Waals surface area contributed by atoms with Crippen molar-refractivity contribution in [3.05, 3.63) is 29.5 Å². The Morgan fingerprint density at radius 1 is 1.33 bits per heavy atom. The second-order valence-corrected chi connectivity index (χ2v) is 6.34. The maximum Gasteiger partial charge on any atom is 0.210 e. The standard InChI is InChI=1S/C16H20FN3O/c1-11-6-13-8-18-19-15(13)7-14(11)12-2-4-20(5-3-12)16(17)9-21-10-16/h6-8,12H,2-5,9-10H2,1H3,(H,18,19). The number of alkyl halides is 1. The molecule has 0 bridgehead atoms. The molecule has 1 aromatic carbocycles. The monoisotopic (exact) mass is 289 g/mol. The predicted octanol–water partition coefficient (Wildman–Crippen LogP) is 2.75. The molecule has 4 nitrogen and oxygen atoms in total. The largest absolute Gasteiger partial charge is 0.372 e. The fourth-order valence-corrected chi connectivity index (χ4v) is 3.61. The van der Waals surface area contributed by atoms with Crippen LogP contribution in [0.3, 0.4) is 0 Å². The molecule has 4 rings (SSSR count). The predicted molar refractivity (Wildman–Crippen MR) is 79.0 cm³/mol. The minimum atomic E-state index is -1.20. The molecule has 21 heavy (non-hydrogen) atoms. The first-order valence-electron chi connectivity index (χ1n) is 7.61. The summed E-state index contributed by atoms with van der Waals surface area (Å²) < 4.78 is 19.4. The van der Waals surface area contributed by atoms with Crippen LogP contribution in [-0.2, 0) is 4.74 Å². The van der Waals surface area contributed by atoms with Crippen molar-refractivity contribution in [2.75, 3.05) is 26.3 Å². The van der Waals surface area contributed by atoms with Gasteiger partial charge in [-0.15, -0.1) is 0 Å². The lowest BCUT2D eigenvalue weighted by atomic mass is 9.85. The van der Waals surface area contributed by atoms with Gasteiger partial charge in [0.15, 0.2) is 0 Å². The molecular formula is C16H20FN3O. The number of nitrogens with zero attached hydrogens (tertiary/aromatic N) is 2. The SMILES string of the molecule is Cc1cc2cn[nH]c2cc1C1CCN(C2(F)COC2)CC1. The van der Waals surface area contributed by atoms with E-state index in [0.29, 0.717) is 5.92 Å². The third kappa shape index (κ3) is 2.15. The zero-order valence-electron chi connectivity index (χ0n) is 12.2. The first kappa shape index (κ1) is 13.2. The fourth-order valence-electron chi connectivity index (χ4n) is 3.61. The van der Waals surface area contributed by atoms with E-state index in [1.54, 1.807) is 0 Å². The van der Waals surface area contributed by atoms with Gasteiger partial charge in [0.1, 0.15) is 0 Å². The molecule has 1 aromatic heterocycles. The normalized spacial score (nSPS) is 23.3. The molecule has 112 valence electrons. The van der Waals surface area contributed by atoms with Gasteiger partial charge in [-0.25, -0.2) is 4.39 Å². The van der Waals surface area contributed by atoms with Crippen LogP contribution in [0.4, 0.5) is 4.39 Å². The average molecular weight is 289 g/mol. The van der Waals surface area contributed by atoms with Crippen LogP contribution in [0.15, 0.2) is 18.3 Å². The van der Waals surface area contributed by atoms with Crippen molar-refractivity contribution in [1.29, 1.82) is 0 Å². The molecule has 5 heteroatoms. The molecule has 0 saturated carbocycles. The number of piperidine rings is 1. The van der Waals surface area contributed by atoms with E-state index in [2.05, 4.69) is 29.3 Å². The van der Waals surface area contributed by atoms with Crippen molar-refractivity contribution in [3.8, 4) is 0 Å². The zero-order chi connectivity index (χ0) is 14.4. The van der Waals surface area contributed by atoms with Gasteiger partial charge in [-0.2, -0.15) is 5.10 Å². The molecule has 0 radical (unpaired) electrons. The van der Waals surface area contributed by atoms with Crippen LogP contribution in [0.5, 0.6) is 0 Å². The van der Waals surface area contributed by atoms with Crippen LogP contribution in [0.2, 0.25) is 0 Å². The number of hydrogen-bond acceptors (Lipinski definition) is 3. The highest BCUT2D eigenvalue weighted by Gasteiger charge is 2.45. The molecule has 0 amide bonds. The molecule has 0 unspecified atom stereocenters. The van der Waals surface area contributed by atoms with Gasteiger partial charge in [0, 0.05) is 18.5 Å². The number of aromatic nitrogens is 2.